The Hall–Kier alpha value is -9.63. The summed E-state index contributed by atoms with van der Waals surface area (Å²) >= 11 is 0. The molecular formula is C67H45N5. The summed E-state index contributed by atoms with van der Waals surface area (Å²) < 4.78 is 0. The molecule has 0 aliphatic rings. The van der Waals surface area contributed by atoms with Gasteiger partial charge in [-0.3, -0.25) is 0 Å². The molecule has 0 aliphatic carbocycles. The minimum Gasteiger partial charge on any atom is -0.228 e. The van der Waals surface area contributed by atoms with E-state index in [0.717, 1.165) is 111 Å². The molecule has 0 saturated carbocycles. The van der Waals surface area contributed by atoms with Gasteiger partial charge in [0.2, 0.25) is 0 Å². The quantitative estimate of drug-likeness (QED) is 0.144. The van der Waals surface area contributed by atoms with Gasteiger partial charge in [0.15, 0.2) is 11.6 Å². The third kappa shape index (κ3) is 8.07. The molecule has 0 bridgehead atoms. The first-order chi connectivity index (χ1) is 35.5. The van der Waals surface area contributed by atoms with Crippen LogP contribution in [0.3, 0.4) is 0 Å². The summed E-state index contributed by atoms with van der Waals surface area (Å²) in [4.78, 5) is 21.0. The Balaban J connectivity index is 0.964. The number of hydrogen-bond acceptors (Lipinski definition) is 5. The highest BCUT2D eigenvalue weighted by Gasteiger charge is 2.21. The lowest BCUT2D eigenvalue weighted by Crippen LogP contribution is -2.01. The molecule has 72 heavy (non-hydrogen) atoms. The molecule has 0 saturated heterocycles. The third-order valence-electron chi connectivity index (χ3n) is 13.8. The fraction of sp³-hybridized carbons (Fsp3) is 0.0299. The molecule has 0 atom stereocenters. The van der Waals surface area contributed by atoms with E-state index in [4.69, 9.17) is 19.9 Å². The van der Waals surface area contributed by atoms with E-state index < -0.39 is 0 Å². The van der Waals surface area contributed by atoms with E-state index in [1.807, 2.05) is 48.5 Å². The summed E-state index contributed by atoms with van der Waals surface area (Å²) in [7, 11) is 0. The highest BCUT2D eigenvalue weighted by atomic mass is 14.9. The van der Waals surface area contributed by atoms with Crippen molar-refractivity contribution in [2.24, 2.45) is 0 Å². The maximum atomic E-state index is 9.80. The minimum absolute atomic E-state index is 0.613. The van der Waals surface area contributed by atoms with Gasteiger partial charge < -0.3 is 0 Å². The van der Waals surface area contributed by atoms with Crippen LogP contribution in [0.15, 0.2) is 237 Å². The molecule has 0 radical (unpaired) electrons. The lowest BCUT2D eigenvalue weighted by molar-refractivity contribution is 1.15. The van der Waals surface area contributed by atoms with Gasteiger partial charge in [0.05, 0.1) is 34.4 Å². The van der Waals surface area contributed by atoms with Crippen molar-refractivity contribution in [1.82, 2.24) is 19.9 Å². The van der Waals surface area contributed by atoms with E-state index in [1.165, 1.54) is 10.8 Å². The topological polar surface area (TPSA) is 75.3 Å². The molecular weight excluding hydrogens is 875 g/mol. The Labute approximate surface area is 419 Å². The van der Waals surface area contributed by atoms with Gasteiger partial charge in [0.25, 0.3) is 0 Å². The van der Waals surface area contributed by atoms with Crippen molar-refractivity contribution in [3.8, 4) is 107 Å². The first-order valence-electron chi connectivity index (χ1n) is 24.2. The molecule has 338 valence electrons. The van der Waals surface area contributed by atoms with Crippen LogP contribution in [0.1, 0.15) is 16.7 Å². The second-order valence-corrected chi connectivity index (χ2v) is 18.1. The highest BCUT2D eigenvalue weighted by Crippen LogP contribution is 2.43. The summed E-state index contributed by atoms with van der Waals surface area (Å²) in [5, 5.41) is 14.4. The van der Waals surface area contributed by atoms with E-state index in [9.17, 15) is 5.26 Å². The molecule has 2 aromatic heterocycles. The predicted molar refractivity (Wildman–Crippen MR) is 296 cm³/mol. The Morgan fingerprint density at radius 2 is 0.639 bits per heavy atom. The molecule has 0 N–H and O–H groups in total. The number of hydrogen-bond donors (Lipinski definition) is 0. The van der Waals surface area contributed by atoms with E-state index in [2.05, 4.69) is 208 Å². The molecule has 0 unspecified atom stereocenters. The van der Waals surface area contributed by atoms with Crippen molar-refractivity contribution in [1.29, 1.82) is 5.26 Å². The Morgan fingerprint density at radius 3 is 1.08 bits per heavy atom. The molecule has 12 rings (SSSR count). The van der Waals surface area contributed by atoms with Crippen molar-refractivity contribution in [2.75, 3.05) is 0 Å². The van der Waals surface area contributed by atoms with Gasteiger partial charge in [-0.2, -0.15) is 5.26 Å². The fourth-order valence-corrected chi connectivity index (χ4v) is 10.1. The SMILES string of the molecule is Cc1c(-c2ccc(-c3cccc(-c4ccc(-c5nc(-c6ccccc6)nc(-c6cccc7ccccc67)c5C)cc4)c3-c3ccc(C#N)cc3)cc2)nc(-c2ccccc2)nc1-c1cccc2ccccc12. The van der Waals surface area contributed by atoms with Crippen molar-refractivity contribution < 1.29 is 0 Å². The van der Waals surface area contributed by atoms with Crippen molar-refractivity contribution in [3.63, 3.8) is 0 Å². The van der Waals surface area contributed by atoms with Crippen molar-refractivity contribution in [2.45, 2.75) is 13.8 Å². The zero-order valence-electron chi connectivity index (χ0n) is 39.8. The van der Waals surface area contributed by atoms with Crippen LogP contribution in [-0.4, -0.2) is 19.9 Å². The van der Waals surface area contributed by atoms with Gasteiger partial charge in [-0.15, -0.1) is 0 Å². The van der Waals surface area contributed by atoms with Gasteiger partial charge in [-0.25, -0.2) is 19.9 Å². The maximum Gasteiger partial charge on any atom is 0.160 e. The molecule has 5 heteroatoms. The predicted octanol–water partition coefficient (Wildman–Crippen LogP) is 17.1. The maximum absolute atomic E-state index is 9.80. The van der Waals surface area contributed by atoms with Crippen LogP contribution in [0.2, 0.25) is 0 Å². The monoisotopic (exact) mass is 919 g/mol. The van der Waals surface area contributed by atoms with Crippen LogP contribution in [0.25, 0.3) is 123 Å². The molecule has 5 nitrogen and oxygen atoms in total. The molecule has 0 aliphatic heterocycles. The van der Waals surface area contributed by atoms with Gasteiger partial charge >= 0.3 is 0 Å². The van der Waals surface area contributed by atoms with Crippen LogP contribution < -0.4 is 0 Å². The second kappa shape index (κ2) is 18.7. The number of nitriles is 1. The Kier molecular flexibility index (Phi) is 11.3. The molecule has 0 fully saturated rings. The van der Waals surface area contributed by atoms with Gasteiger partial charge in [0, 0.05) is 44.5 Å². The standard InChI is InChI=1S/C67H45N5/c1-43-62(69-66(53-18-5-3-6-19-53)71-64(43)59-28-13-22-46-16-9-11-24-55(46)59)51-38-34-48(35-39-51)57-26-15-27-58(61(57)50-32-30-45(42-68)31-33-50)49-36-40-52(41-37-49)63-44(2)65(72-67(70-63)54-20-7-4-8-21-54)60-29-14-23-47-17-10-12-25-56(47)60/h3-41H,1-2H3. The largest absolute Gasteiger partial charge is 0.228 e. The summed E-state index contributed by atoms with van der Waals surface area (Å²) in [6, 6.07) is 84.4. The van der Waals surface area contributed by atoms with Crippen LogP contribution >= 0.6 is 0 Å². The molecule has 10 aromatic carbocycles. The number of nitrogens with zero attached hydrogens (tertiary/aromatic N) is 5. The van der Waals surface area contributed by atoms with Gasteiger partial charge in [0.1, 0.15) is 0 Å². The second-order valence-electron chi connectivity index (χ2n) is 18.1. The summed E-state index contributed by atoms with van der Waals surface area (Å²) in [5.74, 6) is 1.36. The third-order valence-corrected chi connectivity index (χ3v) is 13.8. The van der Waals surface area contributed by atoms with E-state index in [0.29, 0.717) is 17.2 Å². The summed E-state index contributed by atoms with van der Waals surface area (Å²) in [6.07, 6.45) is 0. The lowest BCUT2D eigenvalue weighted by atomic mass is 9.86. The Morgan fingerprint density at radius 1 is 0.292 bits per heavy atom. The first kappa shape index (κ1) is 43.6. The van der Waals surface area contributed by atoms with E-state index in [-0.39, 0.29) is 0 Å². The van der Waals surface area contributed by atoms with Gasteiger partial charge in [-0.1, -0.05) is 224 Å². The van der Waals surface area contributed by atoms with Crippen molar-refractivity contribution in [3.05, 3.63) is 253 Å². The smallest absolute Gasteiger partial charge is 0.160 e. The first-order valence-corrected chi connectivity index (χ1v) is 24.2. The molecule has 0 spiro atoms. The zero-order chi connectivity index (χ0) is 48.5. The number of benzene rings is 10. The van der Waals surface area contributed by atoms with Crippen molar-refractivity contribution >= 4 is 21.5 Å². The normalized spacial score (nSPS) is 11.2. The van der Waals surface area contributed by atoms with Crippen LogP contribution in [0.5, 0.6) is 0 Å². The zero-order valence-corrected chi connectivity index (χ0v) is 39.8. The molecule has 0 amide bonds. The lowest BCUT2D eigenvalue weighted by Gasteiger charge is -2.18. The highest BCUT2D eigenvalue weighted by molar-refractivity contribution is 6.00. The van der Waals surface area contributed by atoms with Crippen LogP contribution in [-0.2, 0) is 0 Å². The van der Waals surface area contributed by atoms with E-state index >= 15 is 0 Å². The summed E-state index contributed by atoms with van der Waals surface area (Å²) in [5.41, 5.74) is 18.7. The van der Waals surface area contributed by atoms with Gasteiger partial charge in [-0.05, 0) is 80.9 Å². The fourth-order valence-electron chi connectivity index (χ4n) is 10.1. The molecule has 2 heterocycles. The number of fused-ring (bicyclic) bond motifs is 2. The average Bonchev–Trinajstić information content (AvgIpc) is 3.45. The average molecular weight is 920 g/mol. The summed E-state index contributed by atoms with van der Waals surface area (Å²) in [6.45, 7) is 4.26. The van der Waals surface area contributed by atoms with Crippen LogP contribution in [0.4, 0.5) is 0 Å². The number of aromatic nitrogens is 4. The number of rotatable bonds is 9. The Bertz CT molecular complexity index is 3780. The van der Waals surface area contributed by atoms with Crippen LogP contribution in [0, 0.1) is 25.2 Å². The minimum atomic E-state index is 0.613. The van der Waals surface area contributed by atoms with E-state index in [1.54, 1.807) is 0 Å². The molecule has 12 aromatic rings.